The second kappa shape index (κ2) is 7.46. The fourth-order valence-electron chi connectivity index (χ4n) is 3.40. The molecule has 0 amide bonds. The number of hydrogen-bond donors (Lipinski definition) is 0. The van der Waals surface area contributed by atoms with Gasteiger partial charge in [-0.1, -0.05) is 6.07 Å². The van der Waals surface area contributed by atoms with Gasteiger partial charge in [0, 0.05) is 30.6 Å². The number of ether oxygens (including phenoxy) is 1. The van der Waals surface area contributed by atoms with E-state index >= 15 is 0 Å². The molecule has 1 aromatic heterocycles. The van der Waals surface area contributed by atoms with E-state index in [0.29, 0.717) is 18.7 Å². The third-order valence-electron chi connectivity index (χ3n) is 4.91. The van der Waals surface area contributed by atoms with Crippen LogP contribution < -0.4 is 10.4 Å². The highest BCUT2D eigenvalue weighted by atomic mass is 32.2. The summed E-state index contributed by atoms with van der Waals surface area (Å²) in [5, 5.41) is 0.739. The summed E-state index contributed by atoms with van der Waals surface area (Å²) in [5.74, 6) is -0.498. The molecule has 0 bridgehead atoms. The first kappa shape index (κ1) is 19.4. The molecule has 7 nitrogen and oxygen atoms in total. The highest BCUT2D eigenvalue weighted by molar-refractivity contribution is 7.89. The van der Waals surface area contributed by atoms with Crippen molar-refractivity contribution in [2.75, 3.05) is 13.1 Å². The lowest BCUT2D eigenvalue weighted by Gasteiger charge is -2.15. The van der Waals surface area contributed by atoms with Crippen LogP contribution in [0.15, 0.2) is 62.6 Å². The fraction of sp³-hybridized carbons (Fsp3) is 0.238. The van der Waals surface area contributed by atoms with E-state index in [1.54, 1.807) is 19.1 Å². The number of carbonyl (C=O) groups is 1. The molecule has 150 valence electrons. The molecule has 8 heteroatoms. The molecule has 0 radical (unpaired) electrons. The monoisotopic (exact) mass is 413 g/mol. The van der Waals surface area contributed by atoms with E-state index in [1.165, 1.54) is 40.7 Å². The van der Waals surface area contributed by atoms with Crippen molar-refractivity contribution >= 4 is 27.0 Å². The number of nitrogens with zero attached hydrogens (tertiary/aromatic N) is 1. The predicted octanol–water partition coefficient (Wildman–Crippen LogP) is 3.11. The second-order valence-electron chi connectivity index (χ2n) is 6.93. The highest BCUT2D eigenvalue weighted by Crippen LogP contribution is 2.24. The molecule has 1 aliphatic heterocycles. The molecular weight excluding hydrogens is 394 g/mol. The van der Waals surface area contributed by atoms with E-state index in [2.05, 4.69) is 0 Å². The van der Waals surface area contributed by atoms with E-state index in [4.69, 9.17) is 9.15 Å². The number of aryl methyl sites for hydroxylation is 1. The van der Waals surface area contributed by atoms with Crippen LogP contribution in [-0.4, -0.2) is 31.8 Å². The number of carbonyl (C=O) groups excluding carboxylic acids is 1. The second-order valence-corrected chi connectivity index (χ2v) is 8.87. The number of esters is 1. The van der Waals surface area contributed by atoms with Crippen LogP contribution in [0.25, 0.3) is 11.0 Å². The SMILES string of the molecule is Cc1cc(=O)oc2cc(OC(=O)c3cccc(S(=O)(=O)N4CCCC4)c3)ccc12. The van der Waals surface area contributed by atoms with Crippen LogP contribution in [0, 0.1) is 6.92 Å². The van der Waals surface area contributed by atoms with Gasteiger partial charge < -0.3 is 9.15 Å². The fourth-order valence-corrected chi connectivity index (χ4v) is 4.96. The molecule has 3 aromatic rings. The maximum Gasteiger partial charge on any atom is 0.343 e. The highest BCUT2D eigenvalue weighted by Gasteiger charge is 2.27. The first-order valence-electron chi connectivity index (χ1n) is 9.21. The Balaban J connectivity index is 1.61. The summed E-state index contributed by atoms with van der Waals surface area (Å²) < 4.78 is 37.4. The summed E-state index contributed by atoms with van der Waals surface area (Å²) in [5.41, 5.74) is 0.703. The van der Waals surface area contributed by atoms with Crippen molar-refractivity contribution in [3.05, 3.63) is 70.1 Å². The molecule has 0 spiro atoms. The van der Waals surface area contributed by atoms with Crippen LogP contribution in [0.4, 0.5) is 0 Å². The van der Waals surface area contributed by atoms with Crippen LogP contribution >= 0.6 is 0 Å². The Morgan fingerprint density at radius 1 is 1.07 bits per heavy atom. The molecule has 0 atom stereocenters. The number of sulfonamides is 1. The lowest BCUT2D eigenvalue weighted by atomic mass is 10.1. The zero-order chi connectivity index (χ0) is 20.6. The standard InChI is InChI=1S/C21H19NO6S/c1-14-11-20(23)28-19-13-16(7-8-18(14)19)27-21(24)15-5-4-6-17(12-15)29(25,26)22-9-2-3-10-22/h4-8,11-13H,2-3,9-10H2,1H3. The van der Waals surface area contributed by atoms with E-state index in [-0.39, 0.29) is 16.2 Å². The van der Waals surface area contributed by atoms with Crippen LogP contribution in [0.3, 0.4) is 0 Å². The number of benzene rings is 2. The molecule has 4 rings (SSSR count). The summed E-state index contributed by atoms with van der Waals surface area (Å²) in [6.45, 7) is 2.76. The largest absolute Gasteiger partial charge is 0.423 e. The van der Waals surface area contributed by atoms with E-state index in [1.807, 2.05) is 0 Å². The Kier molecular flexibility index (Phi) is 4.97. The molecule has 2 aromatic carbocycles. The van der Waals surface area contributed by atoms with Crippen LogP contribution in [0.2, 0.25) is 0 Å². The molecule has 0 saturated carbocycles. The lowest BCUT2D eigenvalue weighted by Crippen LogP contribution is -2.28. The summed E-state index contributed by atoms with van der Waals surface area (Å²) in [6, 6.07) is 12.0. The molecule has 2 heterocycles. The van der Waals surface area contributed by atoms with Gasteiger partial charge in [-0.3, -0.25) is 0 Å². The van der Waals surface area contributed by atoms with Gasteiger partial charge >= 0.3 is 11.6 Å². The van der Waals surface area contributed by atoms with E-state index in [9.17, 15) is 18.0 Å². The topological polar surface area (TPSA) is 93.9 Å². The third-order valence-corrected chi connectivity index (χ3v) is 6.80. The number of rotatable bonds is 4. The Bertz CT molecular complexity index is 1260. The quantitative estimate of drug-likeness (QED) is 0.371. The lowest BCUT2D eigenvalue weighted by molar-refractivity contribution is 0.0734. The minimum absolute atomic E-state index is 0.0639. The zero-order valence-corrected chi connectivity index (χ0v) is 16.6. The van der Waals surface area contributed by atoms with Gasteiger partial charge in [0.15, 0.2) is 0 Å². The van der Waals surface area contributed by atoms with Gasteiger partial charge in [0.25, 0.3) is 0 Å². The summed E-state index contributed by atoms with van der Waals surface area (Å²) in [7, 11) is -3.63. The van der Waals surface area contributed by atoms with Crippen molar-refractivity contribution in [2.45, 2.75) is 24.7 Å². The smallest absolute Gasteiger partial charge is 0.343 e. The molecule has 1 aliphatic rings. The Morgan fingerprint density at radius 3 is 2.59 bits per heavy atom. The first-order valence-corrected chi connectivity index (χ1v) is 10.7. The molecule has 29 heavy (non-hydrogen) atoms. The van der Waals surface area contributed by atoms with E-state index in [0.717, 1.165) is 23.8 Å². The number of hydrogen-bond acceptors (Lipinski definition) is 6. The first-order chi connectivity index (χ1) is 13.8. The third kappa shape index (κ3) is 3.81. The zero-order valence-electron chi connectivity index (χ0n) is 15.8. The normalized spacial score (nSPS) is 14.9. The maximum atomic E-state index is 12.7. The van der Waals surface area contributed by atoms with Crippen molar-refractivity contribution in [3.8, 4) is 5.75 Å². The van der Waals surface area contributed by atoms with Gasteiger partial charge in [-0.05, 0) is 55.7 Å². The molecule has 0 N–H and O–H groups in total. The Hall–Kier alpha value is -2.97. The molecular formula is C21H19NO6S. The van der Waals surface area contributed by atoms with Gasteiger partial charge in [0.05, 0.1) is 10.5 Å². The Morgan fingerprint density at radius 2 is 1.83 bits per heavy atom. The van der Waals surface area contributed by atoms with Crippen LogP contribution in [0.5, 0.6) is 5.75 Å². The predicted molar refractivity (Wildman–Crippen MR) is 107 cm³/mol. The van der Waals surface area contributed by atoms with Crippen LogP contribution in [0.1, 0.15) is 28.8 Å². The number of fused-ring (bicyclic) bond motifs is 1. The van der Waals surface area contributed by atoms with Gasteiger partial charge in [0.1, 0.15) is 11.3 Å². The minimum atomic E-state index is -3.63. The molecule has 0 aliphatic carbocycles. The Labute approximate surface area is 167 Å². The molecule has 0 unspecified atom stereocenters. The van der Waals surface area contributed by atoms with Gasteiger partial charge in [-0.15, -0.1) is 0 Å². The summed E-state index contributed by atoms with van der Waals surface area (Å²) in [6.07, 6.45) is 1.66. The maximum absolute atomic E-state index is 12.7. The van der Waals surface area contributed by atoms with Gasteiger partial charge in [0.2, 0.25) is 10.0 Å². The van der Waals surface area contributed by atoms with Crippen molar-refractivity contribution in [1.82, 2.24) is 4.31 Å². The summed E-state index contributed by atoms with van der Waals surface area (Å²) in [4.78, 5) is 24.2. The van der Waals surface area contributed by atoms with Crippen LogP contribution in [-0.2, 0) is 10.0 Å². The van der Waals surface area contributed by atoms with Gasteiger partial charge in [-0.25, -0.2) is 18.0 Å². The molecule has 1 saturated heterocycles. The van der Waals surface area contributed by atoms with E-state index < -0.39 is 21.6 Å². The van der Waals surface area contributed by atoms with Crippen molar-refractivity contribution in [2.24, 2.45) is 0 Å². The average Bonchev–Trinajstić information content (AvgIpc) is 3.23. The van der Waals surface area contributed by atoms with Crippen molar-refractivity contribution in [3.63, 3.8) is 0 Å². The van der Waals surface area contributed by atoms with Crippen molar-refractivity contribution < 1.29 is 22.4 Å². The molecule has 1 fully saturated rings. The minimum Gasteiger partial charge on any atom is -0.423 e. The average molecular weight is 413 g/mol. The summed E-state index contributed by atoms with van der Waals surface area (Å²) >= 11 is 0. The van der Waals surface area contributed by atoms with Gasteiger partial charge in [-0.2, -0.15) is 4.31 Å². The van der Waals surface area contributed by atoms with Crippen molar-refractivity contribution in [1.29, 1.82) is 0 Å².